The third kappa shape index (κ3) is 4.98. The van der Waals surface area contributed by atoms with Gasteiger partial charge in [0.2, 0.25) is 5.91 Å². The van der Waals surface area contributed by atoms with Crippen molar-refractivity contribution in [2.45, 2.75) is 26.2 Å². The molecule has 2 saturated heterocycles. The molecule has 142 valence electrons. The average molecular weight is 423 g/mol. The van der Waals surface area contributed by atoms with Crippen molar-refractivity contribution in [3.63, 3.8) is 0 Å². The number of piperidine rings is 1. The zero-order chi connectivity index (χ0) is 18.5. The van der Waals surface area contributed by atoms with Crippen molar-refractivity contribution < 1.29 is 9.59 Å². The summed E-state index contributed by atoms with van der Waals surface area (Å²) in [6, 6.07) is 5.78. The Morgan fingerprint density at radius 1 is 1.00 bits per heavy atom. The number of anilines is 1. The molecule has 0 saturated carbocycles. The van der Waals surface area contributed by atoms with E-state index >= 15 is 0 Å². The van der Waals surface area contributed by atoms with Gasteiger partial charge in [0.25, 0.3) is 0 Å². The van der Waals surface area contributed by atoms with Crippen molar-refractivity contribution in [2.24, 2.45) is 0 Å². The van der Waals surface area contributed by atoms with Crippen LogP contribution in [0.25, 0.3) is 0 Å². The monoisotopic (exact) mass is 422 g/mol. The number of benzene rings is 1. The van der Waals surface area contributed by atoms with Crippen molar-refractivity contribution in [1.29, 1.82) is 0 Å². The number of halogens is 1. The van der Waals surface area contributed by atoms with Gasteiger partial charge in [-0.2, -0.15) is 0 Å². The van der Waals surface area contributed by atoms with Crippen LogP contribution in [0.3, 0.4) is 0 Å². The molecule has 1 aromatic carbocycles. The van der Waals surface area contributed by atoms with Crippen LogP contribution in [0.2, 0.25) is 0 Å². The van der Waals surface area contributed by atoms with Crippen LogP contribution in [-0.4, -0.2) is 72.5 Å². The number of likely N-dealkylation sites (tertiary alicyclic amines) is 1. The van der Waals surface area contributed by atoms with Crippen LogP contribution in [0.1, 0.15) is 24.8 Å². The Hall–Kier alpha value is -1.60. The molecule has 0 aromatic heterocycles. The maximum Gasteiger partial charge on any atom is 0.321 e. The molecule has 3 rings (SSSR count). The van der Waals surface area contributed by atoms with Crippen molar-refractivity contribution in [1.82, 2.24) is 14.7 Å². The highest BCUT2D eigenvalue weighted by Crippen LogP contribution is 2.23. The highest BCUT2D eigenvalue weighted by Gasteiger charge is 2.25. The van der Waals surface area contributed by atoms with E-state index in [1.165, 1.54) is 6.42 Å². The van der Waals surface area contributed by atoms with E-state index in [0.29, 0.717) is 19.6 Å². The second kappa shape index (κ2) is 8.86. The largest absolute Gasteiger partial charge is 0.342 e. The Labute approximate surface area is 163 Å². The van der Waals surface area contributed by atoms with Gasteiger partial charge < -0.3 is 15.1 Å². The Morgan fingerprint density at radius 2 is 1.69 bits per heavy atom. The van der Waals surface area contributed by atoms with E-state index in [-0.39, 0.29) is 11.9 Å². The Balaban J connectivity index is 1.45. The first kappa shape index (κ1) is 19.2. The molecule has 7 heteroatoms. The molecule has 2 heterocycles. The first-order valence-corrected chi connectivity index (χ1v) is 10.1. The predicted octanol–water partition coefficient (Wildman–Crippen LogP) is 2.92. The Morgan fingerprint density at radius 3 is 2.35 bits per heavy atom. The van der Waals surface area contributed by atoms with E-state index < -0.39 is 0 Å². The fourth-order valence-corrected chi connectivity index (χ4v) is 4.05. The summed E-state index contributed by atoms with van der Waals surface area (Å²) in [5.74, 6) is 0.228. The van der Waals surface area contributed by atoms with Crippen LogP contribution in [0.5, 0.6) is 0 Å². The quantitative estimate of drug-likeness (QED) is 0.814. The first-order chi connectivity index (χ1) is 12.5. The van der Waals surface area contributed by atoms with Gasteiger partial charge in [0.1, 0.15) is 0 Å². The lowest BCUT2D eigenvalue weighted by Crippen LogP contribution is -2.52. The maximum atomic E-state index is 12.5. The van der Waals surface area contributed by atoms with Crippen LogP contribution in [0.4, 0.5) is 10.5 Å². The molecule has 26 heavy (non-hydrogen) atoms. The number of carbonyl (C=O) groups excluding carboxylic acids is 2. The van der Waals surface area contributed by atoms with E-state index in [4.69, 9.17) is 0 Å². The van der Waals surface area contributed by atoms with Gasteiger partial charge in [-0.15, -0.1) is 0 Å². The van der Waals surface area contributed by atoms with E-state index in [1.807, 2.05) is 34.9 Å². The zero-order valence-electron chi connectivity index (χ0n) is 15.3. The summed E-state index contributed by atoms with van der Waals surface area (Å²) in [6.07, 6.45) is 3.47. The Kier molecular flexibility index (Phi) is 6.53. The van der Waals surface area contributed by atoms with Crippen molar-refractivity contribution in [3.8, 4) is 0 Å². The van der Waals surface area contributed by atoms with E-state index in [1.54, 1.807) is 0 Å². The number of nitrogens with zero attached hydrogens (tertiary/aromatic N) is 3. The first-order valence-electron chi connectivity index (χ1n) is 9.35. The number of hydrogen-bond acceptors (Lipinski definition) is 3. The normalized spacial score (nSPS) is 18.7. The van der Waals surface area contributed by atoms with Gasteiger partial charge in [0.15, 0.2) is 0 Å². The molecule has 0 spiro atoms. The third-order valence-corrected chi connectivity index (χ3v) is 5.75. The maximum absolute atomic E-state index is 12.5. The van der Waals surface area contributed by atoms with Gasteiger partial charge in [-0.25, -0.2) is 4.79 Å². The van der Waals surface area contributed by atoms with Crippen LogP contribution in [0, 0.1) is 6.92 Å². The molecule has 0 bridgehead atoms. The van der Waals surface area contributed by atoms with Gasteiger partial charge in [-0.3, -0.25) is 9.69 Å². The van der Waals surface area contributed by atoms with Gasteiger partial charge in [-0.1, -0.05) is 6.07 Å². The van der Waals surface area contributed by atoms with Crippen molar-refractivity contribution >= 4 is 33.6 Å². The fourth-order valence-electron chi connectivity index (χ4n) is 3.46. The number of rotatable bonds is 3. The second-order valence-corrected chi connectivity index (χ2v) is 7.97. The summed E-state index contributed by atoms with van der Waals surface area (Å²) in [5, 5.41) is 2.96. The molecule has 2 aliphatic rings. The van der Waals surface area contributed by atoms with Crippen LogP contribution in [-0.2, 0) is 4.79 Å². The third-order valence-electron chi connectivity index (χ3n) is 5.09. The molecule has 2 fully saturated rings. The lowest BCUT2D eigenvalue weighted by Gasteiger charge is -2.36. The number of piperazine rings is 1. The standard InChI is InChI=1S/C19H27BrN4O2/c1-15-5-6-17(16(20)13-15)21-19(26)24-11-9-22(10-12-24)14-18(25)23-7-3-2-4-8-23/h5-6,13H,2-4,7-12,14H2,1H3,(H,21,26). The second-order valence-electron chi connectivity index (χ2n) is 7.12. The summed E-state index contributed by atoms with van der Waals surface area (Å²) < 4.78 is 0.886. The highest BCUT2D eigenvalue weighted by atomic mass is 79.9. The lowest BCUT2D eigenvalue weighted by molar-refractivity contribution is -0.133. The molecule has 0 atom stereocenters. The molecule has 2 aliphatic heterocycles. The van der Waals surface area contributed by atoms with Crippen molar-refractivity contribution in [2.75, 3.05) is 51.1 Å². The smallest absolute Gasteiger partial charge is 0.321 e. The summed E-state index contributed by atoms with van der Waals surface area (Å²) in [6.45, 7) is 7.04. The van der Waals surface area contributed by atoms with Gasteiger partial charge in [0, 0.05) is 43.7 Å². The van der Waals surface area contributed by atoms with Gasteiger partial charge in [-0.05, 0) is 59.8 Å². The molecule has 6 nitrogen and oxygen atoms in total. The predicted molar refractivity (Wildman–Crippen MR) is 106 cm³/mol. The number of nitrogens with one attached hydrogen (secondary N) is 1. The number of amides is 3. The van der Waals surface area contributed by atoms with Crippen LogP contribution < -0.4 is 5.32 Å². The summed E-state index contributed by atoms with van der Waals surface area (Å²) >= 11 is 3.49. The van der Waals surface area contributed by atoms with Crippen LogP contribution >= 0.6 is 15.9 Å². The SMILES string of the molecule is Cc1ccc(NC(=O)N2CCN(CC(=O)N3CCCCC3)CC2)c(Br)c1. The molecule has 3 amide bonds. The molecule has 1 aromatic rings. The fraction of sp³-hybridized carbons (Fsp3) is 0.579. The average Bonchev–Trinajstić information content (AvgIpc) is 2.65. The van der Waals surface area contributed by atoms with Crippen LogP contribution in [0.15, 0.2) is 22.7 Å². The topological polar surface area (TPSA) is 55.9 Å². The molecular formula is C19H27BrN4O2. The van der Waals surface area contributed by atoms with Gasteiger partial charge >= 0.3 is 6.03 Å². The lowest BCUT2D eigenvalue weighted by atomic mass is 10.1. The molecule has 1 N–H and O–H groups in total. The minimum absolute atomic E-state index is 0.0865. The number of aryl methyl sites for hydroxylation is 1. The van der Waals surface area contributed by atoms with Crippen molar-refractivity contribution in [3.05, 3.63) is 28.2 Å². The highest BCUT2D eigenvalue weighted by molar-refractivity contribution is 9.10. The molecule has 0 unspecified atom stereocenters. The summed E-state index contributed by atoms with van der Waals surface area (Å²) in [4.78, 5) is 30.8. The minimum atomic E-state index is -0.0865. The minimum Gasteiger partial charge on any atom is -0.342 e. The summed E-state index contributed by atoms with van der Waals surface area (Å²) in [5.41, 5.74) is 1.92. The van der Waals surface area contributed by atoms with E-state index in [9.17, 15) is 9.59 Å². The molecule has 0 radical (unpaired) electrons. The number of carbonyl (C=O) groups is 2. The molecular weight excluding hydrogens is 396 g/mol. The van der Waals surface area contributed by atoms with E-state index in [0.717, 1.165) is 54.7 Å². The number of urea groups is 1. The van der Waals surface area contributed by atoms with Gasteiger partial charge in [0.05, 0.1) is 12.2 Å². The molecule has 0 aliphatic carbocycles. The summed E-state index contributed by atoms with van der Waals surface area (Å²) in [7, 11) is 0. The zero-order valence-corrected chi connectivity index (χ0v) is 16.9. The Bertz CT molecular complexity index is 653. The number of hydrogen-bond donors (Lipinski definition) is 1. The van der Waals surface area contributed by atoms with E-state index in [2.05, 4.69) is 26.1 Å².